The highest BCUT2D eigenvalue weighted by Crippen LogP contribution is 2.32. The summed E-state index contributed by atoms with van der Waals surface area (Å²) in [4.78, 5) is 30.9. The summed E-state index contributed by atoms with van der Waals surface area (Å²) in [5.74, 6) is -0.102. The van der Waals surface area contributed by atoms with Gasteiger partial charge in [-0.1, -0.05) is 24.3 Å². The van der Waals surface area contributed by atoms with Gasteiger partial charge in [0, 0.05) is 36.3 Å². The number of nitrogens with one attached hydrogen (secondary N) is 1. The number of nitrogens with zero attached hydrogens (tertiary/aromatic N) is 2. The average Bonchev–Trinajstić information content (AvgIpc) is 3.23. The molecule has 5 nitrogen and oxygen atoms in total. The minimum Gasteiger partial charge on any atom is -0.335 e. The van der Waals surface area contributed by atoms with E-state index in [1.807, 2.05) is 47.8 Å². The zero-order chi connectivity index (χ0) is 19.5. The highest BCUT2D eigenvalue weighted by atomic mass is 32.1. The first-order chi connectivity index (χ1) is 13.6. The molecule has 1 N–H and O–H groups in total. The Morgan fingerprint density at radius 3 is 2.68 bits per heavy atom. The number of anilines is 1. The molecule has 6 heteroatoms. The molecule has 4 rings (SSSR count). The first-order valence-corrected chi connectivity index (χ1v) is 10.1. The van der Waals surface area contributed by atoms with E-state index in [0.29, 0.717) is 6.54 Å². The molecule has 0 spiro atoms. The molecular formula is C22H21N3O2S. The number of hydrogen-bond acceptors (Lipinski definition) is 4. The third-order valence-corrected chi connectivity index (χ3v) is 5.87. The third kappa shape index (κ3) is 3.82. The molecule has 1 aliphatic heterocycles. The predicted octanol–water partition coefficient (Wildman–Crippen LogP) is 4.28. The number of rotatable bonds is 4. The van der Waals surface area contributed by atoms with Crippen LogP contribution in [-0.2, 0) is 16.0 Å². The van der Waals surface area contributed by atoms with E-state index in [1.165, 1.54) is 5.56 Å². The summed E-state index contributed by atoms with van der Waals surface area (Å²) >= 11 is 1.58. The molecule has 0 fully saturated rings. The molecule has 2 amide bonds. The van der Waals surface area contributed by atoms with Crippen LogP contribution in [0.1, 0.15) is 30.5 Å². The smallest absolute Gasteiger partial charge is 0.226 e. The van der Waals surface area contributed by atoms with Crippen LogP contribution in [0.2, 0.25) is 0 Å². The van der Waals surface area contributed by atoms with Crippen molar-refractivity contribution in [3.05, 3.63) is 71.2 Å². The molecule has 0 saturated carbocycles. The number of amides is 2. The molecule has 28 heavy (non-hydrogen) atoms. The molecule has 2 heterocycles. The van der Waals surface area contributed by atoms with E-state index in [-0.39, 0.29) is 24.3 Å². The third-order valence-electron chi connectivity index (χ3n) is 5.04. The molecular weight excluding hydrogens is 370 g/mol. The predicted molar refractivity (Wildman–Crippen MR) is 111 cm³/mol. The van der Waals surface area contributed by atoms with Crippen LogP contribution in [0.15, 0.2) is 60.1 Å². The molecule has 0 aliphatic carbocycles. The van der Waals surface area contributed by atoms with Crippen molar-refractivity contribution in [3.8, 4) is 10.6 Å². The Hall–Kier alpha value is -2.99. The second-order valence-corrected chi connectivity index (χ2v) is 7.74. The van der Waals surface area contributed by atoms with Gasteiger partial charge in [0.2, 0.25) is 11.8 Å². The van der Waals surface area contributed by atoms with Gasteiger partial charge in [-0.2, -0.15) is 0 Å². The van der Waals surface area contributed by atoms with E-state index in [0.717, 1.165) is 28.2 Å². The van der Waals surface area contributed by atoms with Crippen molar-refractivity contribution in [1.82, 2.24) is 9.88 Å². The zero-order valence-electron chi connectivity index (χ0n) is 15.6. The fourth-order valence-corrected chi connectivity index (χ4v) is 4.34. The number of carbonyl (C=O) groups excluding carboxylic acids is 2. The van der Waals surface area contributed by atoms with Crippen LogP contribution in [-0.4, -0.2) is 28.2 Å². The fourth-order valence-electron chi connectivity index (χ4n) is 3.70. The zero-order valence-corrected chi connectivity index (χ0v) is 16.4. The summed E-state index contributed by atoms with van der Waals surface area (Å²) in [6.07, 6.45) is 2.84. The molecule has 0 radical (unpaired) electrons. The van der Waals surface area contributed by atoms with Gasteiger partial charge in [-0.15, -0.1) is 11.3 Å². The number of aromatic nitrogens is 1. The Morgan fingerprint density at radius 2 is 1.96 bits per heavy atom. The normalized spacial score (nSPS) is 15.8. The van der Waals surface area contributed by atoms with Crippen molar-refractivity contribution in [2.75, 3.05) is 11.9 Å². The lowest BCUT2D eigenvalue weighted by Gasteiger charge is -2.36. The van der Waals surface area contributed by atoms with Crippen molar-refractivity contribution in [2.45, 2.75) is 25.8 Å². The maximum Gasteiger partial charge on any atom is 0.226 e. The molecule has 142 valence electrons. The first kappa shape index (κ1) is 18.4. The molecule has 3 aromatic rings. The number of hydrogen-bond donors (Lipinski definition) is 1. The summed E-state index contributed by atoms with van der Waals surface area (Å²) in [5.41, 5.74) is 4.05. The second kappa shape index (κ2) is 7.94. The Balaban J connectivity index is 1.48. The Kier molecular flexibility index (Phi) is 5.21. The Labute approximate surface area is 168 Å². The van der Waals surface area contributed by atoms with Crippen LogP contribution in [0.5, 0.6) is 0 Å². The van der Waals surface area contributed by atoms with E-state index in [1.54, 1.807) is 29.4 Å². The van der Waals surface area contributed by atoms with Crippen LogP contribution in [0.25, 0.3) is 10.6 Å². The molecule has 1 atom stereocenters. The van der Waals surface area contributed by atoms with E-state index < -0.39 is 0 Å². The first-order valence-electron chi connectivity index (χ1n) is 9.26. The maximum absolute atomic E-state index is 12.7. The average molecular weight is 391 g/mol. The van der Waals surface area contributed by atoms with Gasteiger partial charge < -0.3 is 10.2 Å². The molecule has 2 aromatic carbocycles. The van der Waals surface area contributed by atoms with Gasteiger partial charge in [0.15, 0.2) is 0 Å². The van der Waals surface area contributed by atoms with Crippen LogP contribution < -0.4 is 5.32 Å². The van der Waals surface area contributed by atoms with Crippen molar-refractivity contribution in [2.24, 2.45) is 0 Å². The quantitative estimate of drug-likeness (QED) is 0.722. The second-order valence-electron chi connectivity index (χ2n) is 6.84. The lowest BCUT2D eigenvalue weighted by molar-refractivity contribution is -0.132. The van der Waals surface area contributed by atoms with Gasteiger partial charge in [-0.05, 0) is 41.8 Å². The summed E-state index contributed by atoms with van der Waals surface area (Å²) < 4.78 is 0. The number of carbonyl (C=O) groups is 2. The monoisotopic (exact) mass is 391 g/mol. The van der Waals surface area contributed by atoms with Crippen LogP contribution in [0, 0.1) is 0 Å². The number of fused-ring (bicyclic) bond motifs is 1. The van der Waals surface area contributed by atoms with Crippen molar-refractivity contribution < 1.29 is 9.59 Å². The Morgan fingerprint density at radius 1 is 1.18 bits per heavy atom. The van der Waals surface area contributed by atoms with Crippen LogP contribution in [0.4, 0.5) is 5.69 Å². The highest BCUT2D eigenvalue weighted by Gasteiger charge is 2.30. The summed E-state index contributed by atoms with van der Waals surface area (Å²) in [6.45, 7) is 2.21. The highest BCUT2D eigenvalue weighted by molar-refractivity contribution is 7.13. The van der Waals surface area contributed by atoms with Crippen LogP contribution in [0.3, 0.4) is 0 Å². The topological polar surface area (TPSA) is 62.3 Å². The maximum atomic E-state index is 12.7. The molecule has 1 aliphatic rings. The summed E-state index contributed by atoms with van der Waals surface area (Å²) in [6, 6.07) is 15.5. The van der Waals surface area contributed by atoms with Gasteiger partial charge in [-0.25, -0.2) is 4.98 Å². The van der Waals surface area contributed by atoms with Crippen molar-refractivity contribution >= 4 is 28.8 Å². The van der Waals surface area contributed by atoms with E-state index in [2.05, 4.69) is 16.4 Å². The van der Waals surface area contributed by atoms with Gasteiger partial charge in [0.05, 0.1) is 12.5 Å². The Bertz CT molecular complexity index is 983. The van der Waals surface area contributed by atoms with E-state index in [4.69, 9.17) is 0 Å². The summed E-state index contributed by atoms with van der Waals surface area (Å²) in [7, 11) is 0. The fraction of sp³-hybridized carbons (Fsp3) is 0.227. The molecule has 0 bridgehead atoms. The minimum absolute atomic E-state index is 0.0000961. The number of thiazole rings is 1. The SMILES string of the molecule is CC(=O)N1CCc2ccccc2C1CC(=O)Nc1ccc(-c2nccs2)cc1. The van der Waals surface area contributed by atoms with E-state index in [9.17, 15) is 9.59 Å². The van der Waals surface area contributed by atoms with Crippen molar-refractivity contribution in [1.29, 1.82) is 0 Å². The molecule has 1 aromatic heterocycles. The van der Waals surface area contributed by atoms with Gasteiger partial charge in [0.25, 0.3) is 0 Å². The van der Waals surface area contributed by atoms with Gasteiger partial charge in [0.1, 0.15) is 5.01 Å². The van der Waals surface area contributed by atoms with Crippen molar-refractivity contribution in [3.63, 3.8) is 0 Å². The van der Waals surface area contributed by atoms with Gasteiger partial charge in [-0.3, -0.25) is 9.59 Å². The lowest BCUT2D eigenvalue weighted by Crippen LogP contribution is -2.40. The van der Waals surface area contributed by atoms with Crippen LogP contribution >= 0.6 is 11.3 Å². The largest absolute Gasteiger partial charge is 0.335 e. The standard InChI is InChI=1S/C22H21N3O2S/c1-15(26)25-12-10-16-4-2-3-5-19(16)20(25)14-21(27)24-18-8-6-17(7-9-18)22-23-11-13-28-22/h2-9,11,13,20H,10,12,14H2,1H3,(H,24,27). The molecule has 1 unspecified atom stereocenters. The lowest BCUT2D eigenvalue weighted by atomic mass is 9.90. The minimum atomic E-state index is -0.225. The summed E-state index contributed by atoms with van der Waals surface area (Å²) in [5, 5.41) is 5.85. The molecule has 0 saturated heterocycles. The number of benzene rings is 2. The van der Waals surface area contributed by atoms with E-state index >= 15 is 0 Å². The van der Waals surface area contributed by atoms with Gasteiger partial charge >= 0.3 is 0 Å².